The van der Waals surface area contributed by atoms with Crippen molar-refractivity contribution in [2.24, 2.45) is 5.92 Å². The molecule has 0 aliphatic rings. The number of carbonyl (C=O) groups is 1. The van der Waals surface area contributed by atoms with E-state index in [0.717, 1.165) is 25.1 Å². The van der Waals surface area contributed by atoms with Crippen molar-refractivity contribution in [3.8, 4) is 0 Å². The van der Waals surface area contributed by atoms with Crippen LogP contribution in [0.4, 0.5) is 8.78 Å². The zero-order valence-corrected chi connectivity index (χ0v) is 10.8. The monoisotopic (exact) mass is 272 g/mol. The second-order valence-electron chi connectivity index (χ2n) is 4.34. The molecular weight excluding hydrogens is 254 g/mol. The standard InChI is InChI=1S/C13H18F2N2O2/c1-2-3-9(5-7-18)8-17-13(19)10-4-6-16-12(15)11(10)14/h4,6,9,18H,2-3,5,7-8H2,1H3,(H,17,19). The van der Waals surface area contributed by atoms with Gasteiger partial charge in [-0.25, -0.2) is 9.37 Å². The molecule has 1 aromatic rings. The summed E-state index contributed by atoms with van der Waals surface area (Å²) in [4.78, 5) is 14.8. The number of halogens is 2. The van der Waals surface area contributed by atoms with Crippen LogP contribution in [0.15, 0.2) is 12.3 Å². The first-order valence-electron chi connectivity index (χ1n) is 6.29. The van der Waals surface area contributed by atoms with Crippen LogP contribution in [0.25, 0.3) is 0 Å². The predicted molar refractivity (Wildman–Crippen MR) is 66.6 cm³/mol. The molecule has 6 heteroatoms. The first-order chi connectivity index (χ1) is 9.10. The topological polar surface area (TPSA) is 62.2 Å². The Balaban J connectivity index is 2.61. The fraction of sp³-hybridized carbons (Fsp3) is 0.538. The molecule has 2 N–H and O–H groups in total. The molecular formula is C13H18F2N2O2. The number of nitrogens with zero attached hydrogens (tertiary/aromatic N) is 1. The highest BCUT2D eigenvalue weighted by Gasteiger charge is 2.17. The zero-order valence-electron chi connectivity index (χ0n) is 10.8. The van der Waals surface area contributed by atoms with Crippen LogP contribution in [-0.4, -0.2) is 29.1 Å². The van der Waals surface area contributed by atoms with Crippen molar-refractivity contribution in [1.29, 1.82) is 0 Å². The fourth-order valence-electron chi connectivity index (χ4n) is 1.87. The number of aromatic nitrogens is 1. The minimum atomic E-state index is -1.28. The van der Waals surface area contributed by atoms with Crippen LogP contribution in [0.5, 0.6) is 0 Å². The van der Waals surface area contributed by atoms with Gasteiger partial charge in [0.2, 0.25) is 5.95 Å². The van der Waals surface area contributed by atoms with Gasteiger partial charge in [-0.1, -0.05) is 13.3 Å². The number of aliphatic hydroxyl groups is 1. The van der Waals surface area contributed by atoms with Crippen LogP contribution in [0.3, 0.4) is 0 Å². The van der Waals surface area contributed by atoms with Gasteiger partial charge in [-0.15, -0.1) is 0 Å². The number of hydrogen-bond donors (Lipinski definition) is 2. The number of carbonyl (C=O) groups excluding carboxylic acids is 1. The molecule has 0 aliphatic carbocycles. The SMILES string of the molecule is CCCC(CCO)CNC(=O)c1ccnc(F)c1F. The normalized spacial score (nSPS) is 12.2. The van der Waals surface area contributed by atoms with Crippen molar-refractivity contribution in [2.75, 3.05) is 13.2 Å². The minimum absolute atomic E-state index is 0.0405. The summed E-state index contributed by atoms with van der Waals surface area (Å²) in [5.74, 6) is -3.06. The molecule has 0 radical (unpaired) electrons. The van der Waals surface area contributed by atoms with Crippen molar-refractivity contribution in [3.05, 3.63) is 29.6 Å². The number of nitrogens with one attached hydrogen (secondary N) is 1. The van der Waals surface area contributed by atoms with Crippen LogP contribution >= 0.6 is 0 Å². The largest absolute Gasteiger partial charge is 0.396 e. The lowest BCUT2D eigenvalue weighted by atomic mass is 10.00. The lowest BCUT2D eigenvalue weighted by molar-refractivity contribution is 0.0937. The smallest absolute Gasteiger partial charge is 0.254 e. The van der Waals surface area contributed by atoms with E-state index in [2.05, 4.69) is 10.3 Å². The molecule has 1 atom stereocenters. The van der Waals surface area contributed by atoms with E-state index < -0.39 is 17.7 Å². The maximum Gasteiger partial charge on any atom is 0.254 e. The van der Waals surface area contributed by atoms with Gasteiger partial charge in [0.05, 0.1) is 5.56 Å². The summed E-state index contributed by atoms with van der Waals surface area (Å²) in [6, 6.07) is 1.13. The van der Waals surface area contributed by atoms with E-state index in [9.17, 15) is 13.6 Å². The average Bonchev–Trinajstić information content (AvgIpc) is 2.39. The van der Waals surface area contributed by atoms with E-state index in [1.165, 1.54) is 0 Å². The molecule has 106 valence electrons. The number of pyridine rings is 1. The number of aliphatic hydroxyl groups excluding tert-OH is 1. The van der Waals surface area contributed by atoms with Crippen molar-refractivity contribution < 1.29 is 18.7 Å². The Morgan fingerprint density at radius 3 is 2.84 bits per heavy atom. The lowest BCUT2D eigenvalue weighted by Gasteiger charge is -2.15. The maximum atomic E-state index is 13.3. The Labute approximate surface area is 110 Å². The van der Waals surface area contributed by atoms with Crippen LogP contribution < -0.4 is 5.32 Å². The van der Waals surface area contributed by atoms with E-state index >= 15 is 0 Å². The quantitative estimate of drug-likeness (QED) is 0.745. The summed E-state index contributed by atoms with van der Waals surface area (Å²) < 4.78 is 26.2. The van der Waals surface area contributed by atoms with Crippen LogP contribution in [0, 0.1) is 17.7 Å². The Bertz CT molecular complexity index is 421. The fourth-order valence-corrected chi connectivity index (χ4v) is 1.87. The summed E-state index contributed by atoms with van der Waals surface area (Å²) in [6.45, 7) is 2.37. The Hall–Kier alpha value is -1.56. The van der Waals surface area contributed by atoms with Gasteiger partial charge < -0.3 is 10.4 Å². The van der Waals surface area contributed by atoms with E-state index in [0.29, 0.717) is 13.0 Å². The molecule has 0 saturated heterocycles. The molecule has 1 aromatic heterocycles. The van der Waals surface area contributed by atoms with Crippen molar-refractivity contribution in [3.63, 3.8) is 0 Å². The summed E-state index contributed by atoms with van der Waals surface area (Å²) in [7, 11) is 0. The first-order valence-corrected chi connectivity index (χ1v) is 6.29. The molecule has 0 fully saturated rings. The van der Waals surface area contributed by atoms with E-state index in [4.69, 9.17) is 5.11 Å². The molecule has 4 nitrogen and oxygen atoms in total. The van der Waals surface area contributed by atoms with Gasteiger partial charge in [0.25, 0.3) is 5.91 Å². The van der Waals surface area contributed by atoms with Gasteiger partial charge in [-0.2, -0.15) is 4.39 Å². The molecule has 0 saturated carbocycles. The molecule has 0 bridgehead atoms. The summed E-state index contributed by atoms with van der Waals surface area (Å²) in [5, 5.41) is 11.4. The Morgan fingerprint density at radius 2 is 2.21 bits per heavy atom. The highest BCUT2D eigenvalue weighted by Crippen LogP contribution is 2.11. The second-order valence-corrected chi connectivity index (χ2v) is 4.34. The molecule has 1 amide bonds. The van der Waals surface area contributed by atoms with Gasteiger partial charge in [0.1, 0.15) is 0 Å². The summed E-state index contributed by atoms with van der Waals surface area (Å²) in [5.41, 5.74) is -0.355. The van der Waals surface area contributed by atoms with Gasteiger partial charge >= 0.3 is 0 Å². The lowest BCUT2D eigenvalue weighted by Crippen LogP contribution is -2.30. The van der Waals surface area contributed by atoms with Crippen LogP contribution in [0.1, 0.15) is 36.5 Å². The minimum Gasteiger partial charge on any atom is -0.396 e. The molecule has 1 rings (SSSR count). The number of amides is 1. The number of rotatable bonds is 7. The highest BCUT2D eigenvalue weighted by atomic mass is 19.2. The molecule has 1 unspecified atom stereocenters. The van der Waals surface area contributed by atoms with Gasteiger partial charge in [-0.3, -0.25) is 4.79 Å². The highest BCUT2D eigenvalue weighted by molar-refractivity contribution is 5.94. The van der Waals surface area contributed by atoms with E-state index in [1.54, 1.807) is 0 Å². The number of hydrogen-bond acceptors (Lipinski definition) is 3. The summed E-state index contributed by atoms with van der Waals surface area (Å²) >= 11 is 0. The Morgan fingerprint density at radius 1 is 1.47 bits per heavy atom. The van der Waals surface area contributed by atoms with E-state index in [-0.39, 0.29) is 18.1 Å². The van der Waals surface area contributed by atoms with Gasteiger partial charge in [0, 0.05) is 19.3 Å². The summed E-state index contributed by atoms with van der Waals surface area (Å²) in [6.07, 6.45) is 3.40. The maximum absolute atomic E-state index is 13.3. The van der Waals surface area contributed by atoms with Crippen LogP contribution in [0.2, 0.25) is 0 Å². The van der Waals surface area contributed by atoms with Crippen molar-refractivity contribution >= 4 is 5.91 Å². The van der Waals surface area contributed by atoms with E-state index in [1.807, 2.05) is 6.92 Å². The molecule has 0 aliphatic heterocycles. The Kier molecular flexibility index (Phi) is 6.35. The van der Waals surface area contributed by atoms with Gasteiger partial charge in [0.15, 0.2) is 5.82 Å². The third kappa shape index (κ3) is 4.55. The van der Waals surface area contributed by atoms with Crippen molar-refractivity contribution in [1.82, 2.24) is 10.3 Å². The van der Waals surface area contributed by atoms with Crippen molar-refractivity contribution in [2.45, 2.75) is 26.2 Å². The molecule has 0 aromatic carbocycles. The third-order valence-corrected chi connectivity index (χ3v) is 2.88. The molecule has 19 heavy (non-hydrogen) atoms. The second kappa shape index (κ2) is 7.78. The first kappa shape index (κ1) is 15.5. The third-order valence-electron chi connectivity index (χ3n) is 2.88. The average molecular weight is 272 g/mol. The van der Waals surface area contributed by atoms with Gasteiger partial charge in [-0.05, 0) is 24.8 Å². The molecule has 1 heterocycles. The zero-order chi connectivity index (χ0) is 14.3. The van der Waals surface area contributed by atoms with Crippen LogP contribution in [-0.2, 0) is 0 Å². The molecule has 0 spiro atoms. The predicted octanol–water partition coefficient (Wildman–Crippen LogP) is 1.89.